The number of nitrogens with zero attached hydrogens (tertiary/aromatic N) is 5. The zero-order valence-corrected chi connectivity index (χ0v) is 16.6. The van der Waals surface area contributed by atoms with Gasteiger partial charge >= 0.3 is 0 Å². The first-order chi connectivity index (χ1) is 13.1. The number of halogens is 1. The van der Waals surface area contributed by atoms with Gasteiger partial charge in [-0.15, -0.1) is 0 Å². The molecule has 0 atom stereocenters. The number of aryl methyl sites for hydroxylation is 1. The Bertz CT molecular complexity index is 949. The fraction of sp³-hybridized carbons (Fsp3) is 0.250. The van der Waals surface area contributed by atoms with Crippen molar-refractivity contribution in [1.29, 1.82) is 0 Å². The number of carbonyl (C=O) groups is 1. The van der Waals surface area contributed by atoms with Gasteiger partial charge in [0.2, 0.25) is 0 Å². The summed E-state index contributed by atoms with van der Waals surface area (Å²) >= 11 is 3.43. The highest BCUT2D eigenvalue weighted by atomic mass is 79.9. The molecule has 0 saturated carbocycles. The number of benzene rings is 1. The topological polar surface area (TPSA) is 54.3 Å². The van der Waals surface area contributed by atoms with Gasteiger partial charge in [-0.05, 0) is 37.3 Å². The van der Waals surface area contributed by atoms with Gasteiger partial charge in [-0.2, -0.15) is 0 Å². The van der Waals surface area contributed by atoms with Gasteiger partial charge in [0.1, 0.15) is 17.5 Å². The van der Waals surface area contributed by atoms with Gasteiger partial charge in [-0.25, -0.2) is 9.97 Å². The van der Waals surface area contributed by atoms with Crippen molar-refractivity contribution in [2.24, 2.45) is 0 Å². The van der Waals surface area contributed by atoms with E-state index in [0.29, 0.717) is 18.7 Å². The summed E-state index contributed by atoms with van der Waals surface area (Å²) in [6.45, 7) is 4.76. The average Bonchev–Trinajstić information content (AvgIpc) is 3.22. The molecule has 0 unspecified atom stereocenters. The molecule has 0 radical (unpaired) electrons. The standard InChI is InChI=1S/C20H20BrN5O/c1-15-22-18(24-7-2-3-8-24)14-19(23-15)25-9-11-26(12-10-25)20(27)16-5-4-6-17(21)13-16/h2-8,13-14H,9-12H2,1H3. The fourth-order valence-corrected chi connectivity index (χ4v) is 3.66. The third-order valence-corrected chi connectivity index (χ3v) is 5.14. The lowest BCUT2D eigenvalue weighted by atomic mass is 10.2. The van der Waals surface area contributed by atoms with Crippen LogP contribution in [0.5, 0.6) is 0 Å². The van der Waals surface area contributed by atoms with Crippen molar-refractivity contribution >= 4 is 27.7 Å². The van der Waals surface area contributed by atoms with E-state index in [1.165, 1.54) is 0 Å². The van der Waals surface area contributed by atoms with Crippen molar-refractivity contribution in [3.63, 3.8) is 0 Å². The Morgan fingerprint density at radius 3 is 2.37 bits per heavy atom. The molecular weight excluding hydrogens is 406 g/mol. The number of rotatable bonds is 3. The third-order valence-electron chi connectivity index (χ3n) is 4.64. The van der Waals surface area contributed by atoms with E-state index in [2.05, 4.69) is 30.8 Å². The summed E-state index contributed by atoms with van der Waals surface area (Å²) in [5.74, 6) is 2.57. The molecule has 4 rings (SSSR count). The average molecular weight is 426 g/mol. The lowest BCUT2D eigenvalue weighted by Crippen LogP contribution is -2.49. The Morgan fingerprint density at radius 1 is 0.963 bits per heavy atom. The molecule has 0 spiro atoms. The van der Waals surface area contributed by atoms with Crippen molar-refractivity contribution in [3.8, 4) is 5.82 Å². The predicted molar refractivity (Wildman–Crippen MR) is 108 cm³/mol. The second-order valence-electron chi connectivity index (χ2n) is 6.51. The molecule has 3 heterocycles. The number of hydrogen-bond acceptors (Lipinski definition) is 4. The van der Waals surface area contributed by atoms with Crippen LogP contribution in [0.1, 0.15) is 16.2 Å². The Balaban J connectivity index is 1.47. The molecule has 1 saturated heterocycles. The molecule has 1 aliphatic heterocycles. The minimum absolute atomic E-state index is 0.0721. The first-order valence-electron chi connectivity index (χ1n) is 8.89. The molecule has 3 aromatic rings. The minimum Gasteiger partial charge on any atom is -0.353 e. The largest absolute Gasteiger partial charge is 0.353 e. The number of carbonyl (C=O) groups excluding carboxylic acids is 1. The SMILES string of the molecule is Cc1nc(N2CCN(C(=O)c3cccc(Br)c3)CC2)cc(-n2cccc2)n1. The van der Waals surface area contributed by atoms with Crippen LogP contribution in [0, 0.1) is 6.92 Å². The maximum atomic E-state index is 12.7. The summed E-state index contributed by atoms with van der Waals surface area (Å²) < 4.78 is 2.89. The van der Waals surface area contributed by atoms with E-state index in [1.54, 1.807) is 0 Å². The van der Waals surface area contributed by atoms with Crippen LogP contribution in [0.25, 0.3) is 5.82 Å². The molecule has 1 aliphatic rings. The second kappa shape index (κ2) is 7.52. The van der Waals surface area contributed by atoms with Crippen molar-refractivity contribution < 1.29 is 4.79 Å². The van der Waals surface area contributed by atoms with Crippen LogP contribution < -0.4 is 4.90 Å². The summed E-state index contributed by atoms with van der Waals surface area (Å²) in [6.07, 6.45) is 3.94. The van der Waals surface area contributed by atoms with Gasteiger partial charge in [0.15, 0.2) is 0 Å². The van der Waals surface area contributed by atoms with E-state index in [0.717, 1.165) is 35.0 Å². The smallest absolute Gasteiger partial charge is 0.254 e. The maximum Gasteiger partial charge on any atom is 0.254 e. The van der Waals surface area contributed by atoms with Gasteiger partial charge in [-0.3, -0.25) is 4.79 Å². The molecule has 1 fully saturated rings. The number of amides is 1. The molecule has 2 aromatic heterocycles. The summed E-state index contributed by atoms with van der Waals surface area (Å²) in [6, 6.07) is 13.5. The van der Waals surface area contributed by atoms with Crippen molar-refractivity contribution in [2.45, 2.75) is 6.92 Å². The molecule has 0 N–H and O–H groups in total. The summed E-state index contributed by atoms with van der Waals surface area (Å²) in [7, 11) is 0. The van der Waals surface area contributed by atoms with E-state index in [4.69, 9.17) is 0 Å². The highest BCUT2D eigenvalue weighted by Gasteiger charge is 2.23. The van der Waals surface area contributed by atoms with E-state index in [1.807, 2.05) is 71.2 Å². The predicted octanol–water partition coefficient (Wildman–Crippen LogP) is 3.30. The molecule has 6 nitrogen and oxygen atoms in total. The zero-order chi connectivity index (χ0) is 18.8. The Morgan fingerprint density at radius 2 is 1.67 bits per heavy atom. The van der Waals surface area contributed by atoms with E-state index in [-0.39, 0.29) is 5.91 Å². The van der Waals surface area contributed by atoms with E-state index < -0.39 is 0 Å². The molecule has 1 amide bonds. The van der Waals surface area contributed by atoms with Gasteiger partial charge in [-0.1, -0.05) is 22.0 Å². The van der Waals surface area contributed by atoms with Gasteiger partial charge in [0.25, 0.3) is 5.91 Å². The van der Waals surface area contributed by atoms with Crippen LogP contribution in [-0.2, 0) is 0 Å². The monoisotopic (exact) mass is 425 g/mol. The zero-order valence-electron chi connectivity index (χ0n) is 15.0. The van der Waals surface area contributed by atoms with Crippen molar-refractivity contribution in [1.82, 2.24) is 19.4 Å². The quantitative estimate of drug-likeness (QED) is 0.645. The molecule has 0 bridgehead atoms. The summed E-state index contributed by atoms with van der Waals surface area (Å²) in [4.78, 5) is 26.0. The normalized spacial score (nSPS) is 14.4. The molecule has 27 heavy (non-hydrogen) atoms. The van der Waals surface area contributed by atoms with Crippen LogP contribution in [0.2, 0.25) is 0 Å². The summed E-state index contributed by atoms with van der Waals surface area (Å²) in [5.41, 5.74) is 0.714. The molecular formula is C20H20BrN5O. The number of hydrogen-bond donors (Lipinski definition) is 0. The highest BCUT2D eigenvalue weighted by molar-refractivity contribution is 9.10. The van der Waals surface area contributed by atoms with Crippen LogP contribution in [0.15, 0.2) is 59.3 Å². The second-order valence-corrected chi connectivity index (χ2v) is 7.43. The van der Waals surface area contributed by atoms with Crippen LogP contribution in [0.4, 0.5) is 5.82 Å². The minimum atomic E-state index is 0.0721. The van der Waals surface area contributed by atoms with E-state index in [9.17, 15) is 4.79 Å². The Kier molecular flexibility index (Phi) is 4.94. The van der Waals surface area contributed by atoms with Gasteiger partial charge in [0.05, 0.1) is 0 Å². The molecule has 0 aliphatic carbocycles. The molecule has 1 aromatic carbocycles. The van der Waals surface area contributed by atoms with Crippen molar-refractivity contribution in [3.05, 3.63) is 70.7 Å². The van der Waals surface area contributed by atoms with Crippen molar-refractivity contribution in [2.75, 3.05) is 31.1 Å². The first kappa shape index (κ1) is 17.7. The lowest BCUT2D eigenvalue weighted by molar-refractivity contribution is 0.0746. The Labute approximate surface area is 166 Å². The fourth-order valence-electron chi connectivity index (χ4n) is 3.26. The summed E-state index contributed by atoms with van der Waals surface area (Å²) in [5, 5.41) is 0. The molecule has 138 valence electrons. The van der Waals surface area contributed by atoms with E-state index >= 15 is 0 Å². The third kappa shape index (κ3) is 3.88. The van der Waals surface area contributed by atoms with Gasteiger partial charge in [0, 0.05) is 54.7 Å². The number of piperazine rings is 1. The Hall–Kier alpha value is -2.67. The lowest BCUT2D eigenvalue weighted by Gasteiger charge is -2.35. The number of anilines is 1. The maximum absolute atomic E-state index is 12.7. The van der Waals surface area contributed by atoms with Crippen LogP contribution >= 0.6 is 15.9 Å². The van der Waals surface area contributed by atoms with Crippen LogP contribution in [0.3, 0.4) is 0 Å². The highest BCUT2D eigenvalue weighted by Crippen LogP contribution is 2.19. The first-order valence-corrected chi connectivity index (χ1v) is 9.68. The number of aromatic nitrogens is 3. The molecule has 7 heteroatoms. The van der Waals surface area contributed by atoms with Gasteiger partial charge < -0.3 is 14.4 Å². The van der Waals surface area contributed by atoms with Crippen LogP contribution in [-0.4, -0.2) is 51.5 Å².